The Morgan fingerprint density at radius 3 is 3.12 bits per heavy atom. The second-order valence-corrected chi connectivity index (χ2v) is 5.01. The number of nitrogens with zero attached hydrogens (tertiary/aromatic N) is 2. The summed E-state index contributed by atoms with van der Waals surface area (Å²) < 4.78 is 2.06. The van der Waals surface area contributed by atoms with Crippen LogP contribution in [0.25, 0.3) is 11.0 Å². The van der Waals surface area contributed by atoms with Crippen LogP contribution in [-0.2, 0) is 13.5 Å². The molecule has 1 aromatic heterocycles. The first-order valence-corrected chi connectivity index (χ1v) is 6.46. The second kappa shape index (κ2) is 4.49. The van der Waals surface area contributed by atoms with Gasteiger partial charge < -0.3 is 9.88 Å². The zero-order chi connectivity index (χ0) is 11.7. The monoisotopic (exact) mass is 229 g/mol. The van der Waals surface area contributed by atoms with Crippen LogP contribution in [0.15, 0.2) is 24.5 Å². The number of hydrogen-bond donors (Lipinski definition) is 1. The smallest absolute Gasteiger partial charge is 0.0955 e. The van der Waals surface area contributed by atoms with Gasteiger partial charge in [0.2, 0.25) is 0 Å². The molecular formula is C14H19N3. The number of hydrogen-bond acceptors (Lipinski definition) is 2. The summed E-state index contributed by atoms with van der Waals surface area (Å²) in [5, 5.41) is 3.55. The van der Waals surface area contributed by atoms with Crippen LogP contribution in [0.5, 0.6) is 0 Å². The Kier molecular flexibility index (Phi) is 2.85. The van der Waals surface area contributed by atoms with Gasteiger partial charge in [-0.05, 0) is 49.9 Å². The highest BCUT2D eigenvalue weighted by atomic mass is 15.0. The Balaban J connectivity index is 1.60. The molecule has 90 valence electrons. The molecule has 3 rings (SSSR count). The number of aryl methyl sites for hydroxylation is 2. The molecule has 1 saturated carbocycles. The van der Waals surface area contributed by atoms with Crippen LogP contribution in [0.4, 0.5) is 0 Å². The van der Waals surface area contributed by atoms with E-state index < -0.39 is 0 Å². The standard InChI is InChI=1S/C14H19N3/c1-17-10-16-13-9-11(4-7-14(13)17)3-2-8-15-12-5-6-12/h4,7,9-10,12,15H,2-3,5-6,8H2,1H3. The third-order valence-electron chi connectivity index (χ3n) is 3.44. The molecule has 0 amide bonds. The Morgan fingerprint density at radius 1 is 1.41 bits per heavy atom. The third-order valence-corrected chi connectivity index (χ3v) is 3.44. The summed E-state index contributed by atoms with van der Waals surface area (Å²) in [5.41, 5.74) is 3.72. The van der Waals surface area contributed by atoms with Crippen LogP contribution in [0.3, 0.4) is 0 Å². The minimum atomic E-state index is 0.827. The predicted octanol–water partition coefficient (Wildman–Crippen LogP) is 2.26. The molecule has 1 aromatic carbocycles. The summed E-state index contributed by atoms with van der Waals surface area (Å²) in [7, 11) is 2.04. The molecule has 2 aromatic rings. The summed E-state index contributed by atoms with van der Waals surface area (Å²) in [4.78, 5) is 4.39. The van der Waals surface area contributed by atoms with E-state index in [0.29, 0.717) is 0 Å². The molecular weight excluding hydrogens is 210 g/mol. The van der Waals surface area contributed by atoms with Crippen molar-refractivity contribution >= 4 is 11.0 Å². The fraction of sp³-hybridized carbons (Fsp3) is 0.500. The largest absolute Gasteiger partial charge is 0.334 e. The molecule has 3 heteroatoms. The maximum atomic E-state index is 4.39. The first kappa shape index (κ1) is 10.8. The van der Waals surface area contributed by atoms with E-state index >= 15 is 0 Å². The van der Waals surface area contributed by atoms with Gasteiger partial charge in [-0.25, -0.2) is 4.98 Å². The van der Waals surface area contributed by atoms with Gasteiger partial charge in [-0.2, -0.15) is 0 Å². The zero-order valence-electron chi connectivity index (χ0n) is 10.3. The van der Waals surface area contributed by atoms with Crippen molar-refractivity contribution in [2.24, 2.45) is 7.05 Å². The molecule has 0 saturated heterocycles. The quantitative estimate of drug-likeness (QED) is 0.797. The topological polar surface area (TPSA) is 29.9 Å². The first-order valence-electron chi connectivity index (χ1n) is 6.46. The minimum Gasteiger partial charge on any atom is -0.334 e. The van der Waals surface area contributed by atoms with Gasteiger partial charge in [0.25, 0.3) is 0 Å². The molecule has 1 aliphatic carbocycles. The van der Waals surface area contributed by atoms with Gasteiger partial charge in [0.15, 0.2) is 0 Å². The minimum absolute atomic E-state index is 0.827. The molecule has 0 radical (unpaired) electrons. The van der Waals surface area contributed by atoms with Gasteiger partial charge in [0.1, 0.15) is 0 Å². The Labute approximate surface area is 102 Å². The molecule has 17 heavy (non-hydrogen) atoms. The van der Waals surface area contributed by atoms with E-state index in [1.165, 1.54) is 30.3 Å². The molecule has 0 spiro atoms. The lowest BCUT2D eigenvalue weighted by molar-refractivity contribution is 0.646. The van der Waals surface area contributed by atoms with Crippen molar-refractivity contribution in [2.75, 3.05) is 6.54 Å². The summed E-state index contributed by atoms with van der Waals surface area (Å²) in [6.07, 6.45) is 6.99. The molecule has 0 unspecified atom stereocenters. The predicted molar refractivity (Wildman–Crippen MR) is 70.1 cm³/mol. The fourth-order valence-corrected chi connectivity index (χ4v) is 2.22. The lowest BCUT2D eigenvalue weighted by Crippen LogP contribution is -2.17. The maximum Gasteiger partial charge on any atom is 0.0955 e. The molecule has 1 aliphatic rings. The van der Waals surface area contributed by atoms with E-state index in [2.05, 4.69) is 33.1 Å². The third kappa shape index (κ3) is 2.50. The van der Waals surface area contributed by atoms with Gasteiger partial charge in [0.05, 0.1) is 17.4 Å². The van der Waals surface area contributed by atoms with E-state index in [-0.39, 0.29) is 0 Å². The van der Waals surface area contributed by atoms with E-state index in [0.717, 1.165) is 24.5 Å². The molecule has 0 aliphatic heterocycles. The van der Waals surface area contributed by atoms with Crippen molar-refractivity contribution in [3.8, 4) is 0 Å². The number of nitrogens with one attached hydrogen (secondary N) is 1. The molecule has 1 fully saturated rings. The van der Waals surface area contributed by atoms with Gasteiger partial charge in [-0.15, -0.1) is 0 Å². The van der Waals surface area contributed by atoms with Crippen molar-refractivity contribution in [3.63, 3.8) is 0 Å². The molecule has 3 nitrogen and oxygen atoms in total. The molecule has 0 bridgehead atoms. The van der Waals surface area contributed by atoms with Gasteiger partial charge in [-0.3, -0.25) is 0 Å². The van der Waals surface area contributed by atoms with Crippen LogP contribution in [0, 0.1) is 0 Å². The van der Waals surface area contributed by atoms with Crippen LogP contribution in [0.1, 0.15) is 24.8 Å². The van der Waals surface area contributed by atoms with E-state index in [1.807, 2.05) is 13.4 Å². The second-order valence-electron chi connectivity index (χ2n) is 5.01. The van der Waals surface area contributed by atoms with E-state index in [9.17, 15) is 0 Å². The number of imidazole rings is 1. The summed E-state index contributed by atoms with van der Waals surface area (Å²) in [6, 6.07) is 7.44. The van der Waals surface area contributed by atoms with Crippen molar-refractivity contribution in [3.05, 3.63) is 30.1 Å². The van der Waals surface area contributed by atoms with Crippen LogP contribution < -0.4 is 5.32 Å². The highest BCUT2D eigenvalue weighted by Crippen LogP contribution is 2.19. The number of aromatic nitrogens is 2. The maximum absolute atomic E-state index is 4.39. The number of benzene rings is 1. The molecule has 1 N–H and O–H groups in total. The van der Waals surface area contributed by atoms with Crippen molar-refractivity contribution in [1.82, 2.24) is 14.9 Å². The molecule has 0 atom stereocenters. The Bertz CT molecular complexity index is 511. The van der Waals surface area contributed by atoms with Gasteiger partial charge >= 0.3 is 0 Å². The highest BCUT2D eigenvalue weighted by molar-refractivity contribution is 5.75. The van der Waals surface area contributed by atoms with E-state index in [1.54, 1.807) is 0 Å². The lowest BCUT2D eigenvalue weighted by Gasteiger charge is -2.03. The summed E-state index contributed by atoms with van der Waals surface area (Å²) in [6.45, 7) is 1.14. The number of rotatable bonds is 5. The van der Waals surface area contributed by atoms with Gasteiger partial charge in [-0.1, -0.05) is 6.07 Å². The average Bonchev–Trinajstić information content (AvgIpc) is 3.10. The number of fused-ring (bicyclic) bond motifs is 1. The normalized spacial score (nSPS) is 15.6. The van der Waals surface area contributed by atoms with Crippen LogP contribution in [0.2, 0.25) is 0 Å². The molecule has 1 heterocycles. The average molecular weight is 229 g/mol. The Hall–Kier alpha value is -1.35. The van der Waals surface area contributed by atoms with E-state index in [4.69, 9.17) is 0 Å². The lowest BCUT2D eigenvalue weighted by atomic mass is 10.1. The zero-order valence-corrected chi connectivity index (χ0v) is 10.3. The SMILES string of the molecule is Cn1cnc2cc(CCCNC3CC3)ccc21. The Morgan fingerprint density at radius 2 is 2.29 bits per heavy atom. The van der Waals surface area contributed by atoms with Crippen molar-refractivity contribution in [2.45, 2.75) is 31.7 Å². The van der Waals surface area contributed by atoms with Crippen molar-refractivity contribution in [1.29, 1.82) is 0 Å². The van der Waals surface area contributed by atoms with Crippen molar-refractivity contribution < 1.29 is 0 Å². The first-order chi connectivity index (χ1) is 8.33. The van der Waals surface area contributed by atoms with Crippen LogP contribution in [-0.4, -0.2) is 22.1 Å². The van der Waals surface area contributed by atoms with Crippen LogP contribution >= 0.6 is 0 Å². The summed E-state index contributed by atoms with van der Waals surface area (Å²) in [5.74, 6) is 0. The fourth-order valence-electron chi connectivity index (χ4n) is 2.22. The highest BCUT2D eigenvalue weighted by Gasteiger charge is 2.19. The summed E-state index contributed by atoms with van der Waals surface area (Å²) >= 11 is 0. The van der Waals surface area contributed by atoms with Gasteiger partial charge in [0, 0.05) is 13.1 Å².